The summed E-state index contributed by atoms with van der Waals surface area (Å²) in [5.41, 5.74) is 0. The molecule has 68 valence electrons. The van der Waals surface area contributed by atoms with Crippen molar-refractivity contribution in [2.24, 2.45) is 11.8 Å². The normalized spacial score (nSPS) is 42.4. The molecule has 0 amide bonds. The van der Waals surface area contributed by atoms with Crippen molar-refractivity contribution in [2.75, 3.05) is 0 Å². The number of carbonyl (C=O) groups excluding carboxylic acids is 1. The highest BCUT2D eigenvalue weighted by Crippen LogP contribution is 2.39. The Hall–Kier alpha value is -0.370. The van der Waals surface area contributed by atoms with Crippen molar-refractivity contribution in [2.45, 2.75) is 44.6 Å². The van der Waals surface area contributed by atoms with Gasteiger partial charge >= 0.3 is 0 Å². The van der Waals surface area contributed by atoms with Gasteiger partial charge in [0, 0.05) is 12.8 Å². The highest BCUT2D eigenvalue weighted by Gasteiger charge is 2.33. The van der Waals surface area contributed by atoms with E-state index >= 15 is 0 Å². The number of fused-ring (bicyclic) bond motifs is 1. The Morgan fingerprint density at radius 1 is 1.17 bits per heavy atom. The molecule has 0 aromatic carbocycles. The molecule has 2 unspecified atom stereocenters. The third kappa shape index (κ3) is 1.53. The van der Waals surface area contributed by atoms with Crippen LogP contribution in [0.25, 0.3) is 0 Å². The summed E-state index contributed by atoms with van der Waals surface area (Å²) in [6.45, 7) is 0. The lowest BCUT2D eigenvalue weighted by Crippen LogP contribution is -2.33. The molecule has 0 aromatic heterocycles. The Balaban J connectivity index is 1.98. The van der Waals surface area contributed by atoms with Gasteiger partial charge in [-0.15, -0.1) is 0 Å². The monoisotopic (exact) mass is 168 g/mol. The summed E-state index contributed by atoms with van der Waals surface area (Å²) in [7, 11) is 0. The standard InChI is InChI=1S/C10H16O2/c11-9-3-1-7-5-10(12)4-2-8(7)6-9/h7-9,11H,1-6H2/t7?,8?,9-/m1/s1. The molecule has 12 heavy (non-hydrogen) atoms. The predicted molar refractivity (Wildman–Crippen MR) is 45.7 cm³/mol. The van der Waals surface area contributed by atoms with Crippen LogP contribution in [0.1, 0.15) is 38.5 Å². The number of ketones is 1. The number of aliphatic hydroxyl groups excluding tert-OH is 1. The second kappa shape index (κ2) is 3.17. The maximum absolute atomic E-state index is 11.1. The fraction of sp³-hybridized carbons (Fsp3) is 0.900. The molecular weight excluding hydrogens is 152 g/mol. The molecule has 2 saturated carbocycles. The molecule has 0 aliphatic heterocycles. The Bertz CT molecular complexity index is 188. The van der Waals surface area contributed by atoms with Crippen LogP contribution in [0.5, 0.6) is 0 Å². The van der Waals surface area contributed by atoms with E-state index in [1.807, 2.05) is 0 Å². The maximum atomic E-state index is 11.1. The predicted octanol–water partition coefficient (Wildman–Crippen LogP) is 1.52. The first-order valence-corrected chi connectivity index (χ1v) is 4.95. The second-order valence-corrected chi connectivity index (χ2v) is 4.27. The Labute approximate surface area is 73.0 Å². The summed E-state index contributed by atoms with van der Waals surface area (Å²) in [6.07, 6.45) is 5.41. The highest BCUT2D eigenvalue weighted by atomic mass is 16.3. The van der Waals surface area contributed by atoms with Gasteiger partial charge in [-0.05, 0) is 37.5 Å². The molecule has 0 aromatic rings. The fourth-order valence-corrected chi connectivity index (χ4v) is 2.67. The molecule has 0 heterocycles. The van der Waals surface area contributed by atoms with Crippen LogP contribution in [0.2, 0.25) is 0 Å². The van der Waals surface area contributed by atoms with E-state index in [0.29, 0.717) is 17.6 Å². The first-order chi connectivity index (χ1) is 5.75. The molecule has 1 N–H and O–H groups in total. The van der Waals surface area contributed by atoms with Crippen molar-refractivity contribution < 1.29 is 9.90 Å². The Morgan fingerprint density at radius 2 is 2.00 bits per heavy atom. The number of aliphatic hydroxyl groups is 1. The van der Waals surface area contributed by atoms with Gasteiger partial charge in [0.2, 0.25) is 0 Å². The second-order valence-electron chi connectivity index (χ2n) is 4.27. The van der Waals surface area contributed by atoms with E-state index in [1.54, 1.807) is 0 Å². The van der Waals surface area contributed by atoms with E-state index < -0.39 is 0 Å². The SMILES string of the molecule is O=C1CCC2C[C@H](O)CCC2C1. The number of hydrogen-bond donors (Lipinski definition) is 1. The first kappa shape index (κ1) is 8.24. The van der Waals surface area contributed by atoms with Crippen LogP contribution < -0.4 is 0 Å². The third-order valence-corrected chi connectivity index (χ3v) is 3.40. The van der Waals surface area contributed by atoms with Gasteiger partial charge in [-0.25, -0.2) is 0 Å². The molecule has 0 radical (unpaired) electrons. The van der Waals surface area contributed by atoms with Crippen LogP contribution in [-0.2, 0) is 4.79 Å². The van der Waals surface area contributed by atoms with Gasteiger partial charge in [0.25, 0.3) is 0 Å². The average Bonchev–Trinajstić information content (AvgIpc) is 2.05. The van der Waals surface area contributed by atoms with E-state index in [2.05, 4.69) is 0 Å². The van der Waals surface area contributed by atoms with Crippen molar-refractivity contribution in [3.05, 3.63) is 0 Å². The highest BCUT2D eigenvalue weighted by molar-refractivity contribution is 5.79. The van der Waals surface area contributed by atoms with E-state index in [0.717, 1.165) is 38.5 Å². The maximum Gasteiger partial charge on any atom is 0.133 e. The zero-order chi connectivity index (χ0) is 8.55. The molecule has 3 atom stereocenters. The lowest BCUT2D eigenvalue weighted by Gasteiger charge is -2.36. The Morgan fingerprint density at radius 3 is 2.83 bits per heavy atom. The molecule has 0 spiro atoms. The van der Waals surface area contributed by atoms with Crippen molar-refractivity contribution in [1.29, 1.82) is 0 Å². The largest absolute Gasteiger partial charge is 0.393 e. The summed E-state index contributed by atoms with van der Waals surface area (Å²) in [5, 5.41) is 9.43. The van der Waals surface area contributed by atoms with Crippen LogP contribution in [0, 0.1) is 11.8 Å². The summed E-state index contributed by atoms with van der Waals surface area (Å²) < 4.78 is 0. The van der Waals surface area contributed by atoms with Crippen molar-refractivity contribution in [1.82, 2.24) is 0 Å². The zero-order valence-electron chi connectivity index (χ0n) is 7.33. The van der Waals surface area contributed by atoms with Crippen LogP contribution in [-0.4, -0.2) is 17.0 Å². The van der Waals surface area contributed by atoms with Crippen molar-refractivity contribution in [3.63, 3.8) is 0 Å². The first-order valence-electron chi connectivity index (χ1n) is 4.95. The van der Waals surface area contributed by atoms with E-state index in [9.17, 15) is 9.90 Å². The molecule has 2 fully saturated rings. The van der Waals surface area contributed by atoms with Gasteiger partial charge < -0.3 is 5.11 Å². The van der Waals surface area contributed by atoms with E-state index in [1.165, 1.54) is 0 Å². The topological polar surface area (TPSA) is 37.3 Å². The molecule has 2 aliphatic carbocycles. The lowest BCUT2D eigenvalue weighted by atomic mass is 9.70. The van der Waals surface area contributed by atoms with Crippen molar-refractivity contribution in [3.8, 4) is 0 Å². The van der Waals surface area contributed by atoms with Crippen LogP contribution in [0.3, 0.4) is 0 Å². The number of rotatable bonds is 0. The van der Waals surface area contributed by atoms with Gasteiger partial charge in [-0.1, -0.05) is 0 Å². The minimum atomic E-state index is -0.0838. The summed E-state index contributed by atoms with van der Waals surface area (Å²) in [4.78, 5) is 11.1. The summed E-state index contributed by atoms with van der Waals surface area (Å²) in [6, 6.07) is 0. The molecule has 2 aliphatic rings. The van der Waals surface area contributed by atoms with E-state index in [4.69, 9.17) is 0 Å². The lowest BCUT2D eigenvalue weighted by molar-refractivity contribution is -0.124. The molecule has 2 heteroatoms. The van der Waals surface area contributed by atoms with Gasteiger partial charge in [0.15, 0.2) is 0 Å². The van der Waals surface area contributed by atoms with Crippen molar-refractivity contribution >= 4 is 5.78 Å². The minimum absolute atomic E-state index is 0.0838. The summed E-state index contributed by atoms with van der Waals surface area (Å²) >= 11 is 0. The quantitative estimate of drug-likeness (QED) is 0.595. The number of hydrogen-bond acceptors (Lipinski definition) is 2. The molecular formula is C10H16O2. The van der Waals surface area contributed by atoms with Gasteiger partial charge in [0.1, 0.15) is 5.78 Å². The molecule has 2 rings (SSSR count). The van der Waals surface area contributed by atoms with Crippen LogP contribution in [0.4, 0.5) is 0 Å². The van der Waals surface area contributed by atoms with Gasteiger partial charge in [0.05, 0.1) is 6.10 Å². The van der Waals surface area contributed by atoms with Crippen LogP contribution >= 0.6 is 0 Å². The molecule has 0 saturated heterocycles. The minimum Gasteiger partial charge on any atom is -0.393 e. The van der Waals surface area contributed by atoms with Crippen LogP contribution in [0.15, 0.2) is 0 Å². The zero-order valence-corrected chi connectivity index (χ0v) is 7.33. The van der Waals surface area contributed by atoms with E-state index in [-0.39, 0.29) is 6.10 Å². The Kier molecular flexibility index (Phi) is 2.18. The fourth-order valence-electron chi connectivity index (χ4n) is 2.67. The summed E-state index contributed by atoms with van der Waals surface area (Å²) in [5.74, 6) is 1.69. The average molecular weight is 168 g/mol. The third-order valence-electron chi connectivity index (χ3n) is 3.40. The van der Waals surface area contributed by atoms with Gasteiger partial charge in [-0.2, -0.15) is 0 Å². The molecule has 0 bridgehead atoms. The molecule has 2 nitrogen and oxygen atoms in total. The van der Waals surface area contributed by atoms with Gasteiger partial charge in [-0.3, -0.25) is 4.79 Å². The smallest absolute Gasteiger partial charge is 0.133 e. The number of Topliss-reactive ketones (excluding diaryl/α,β-unsaturated/α-hetero) is 1. The number of carbonyl (C=O) groups is 1.